The normalized spacial score (nSPS) is 10.5. The van der Waals surface area contributed by atoms with Gasteiger partial charge in [0.1, 0.15) is 11.3 Å². The maximum absolute atomic E-state index is 12.2. The first kappa shape index (κ1) is 14.9. The van der Waals surface area contributed by atoms with E-state index in [1.54, 1.807) is 0 Å². The zero-order valence-electron chi connectivity index (χ0n) is 9.62. The summed E-state index contributed by atoms with van der Waals surface area (Å²) in [4.78, 5) is 10.8. The van der Waals surface area contributed by atoms with E-state index in [9.17, 15) is 18.0 Å². The molecule has 1 aromatic carbocycles. The molecular weight excluding hydrogens is 263 g/mol. The summed E-state index contributed by atoms with van der Waals surface area (Å²) < 4.78 is 40.1. The van der Waals surface area contributed by atoms with Crippen LogP contribution in [0, 0.1) is 11.8 Å². The number of hydrogen-bond acceptors (Lipinski definition) is 3. The molecule has 7 heteroatoms. The minimum Gasteiger partial charge on any atom is -0.478 e. The second-order valence-electron chi connectivity index (χ2n) is 3.40. The first-order valence-electron chi connectivity index (χ1n) is 5.15. The van der Waals surface area contributed by atoms with Gasteiger partial charge < -0.3 is 15.6 Å². The van der Waals surface area contributed by atoms with E-state index in [0.717, 1.165) is 12.1 Å². The quantitative estimate of drug-likeness (QED) is 0.826. The molecule has 0 saturated heterocycles. The van der Waals surface area contributed by atoms with Gasteiger partial charge in [-0.25, -0.2) is 4.79 Å². The summed E-state index contributed by atoms with van der Waals surface area (Å²) in [6.45, 7) is 0.326. The third-order valence-electron chi connectivity index (χ3n) is 1.94. The van der Waals surface area contributed by atoms with Crippen LogP contribution in [0.25, 0.3) is 0 Å². The number of halogens is 3. The second-order valence-corrected chi connectivity index (χ2v) is 3.40. The van der Waals surface area contributed by atoms with Gasteiger partial charge in [-0.3, -0.25) is 0 Å². The average molecular weight is 273 g/mol. The highest BCUT2D eigenvalue weighted by Crippen LogP contribution is 2.27. The number of carbonyl (C=O) groups is 1. The van der Waals surface area contributed by atoms with Gasteiger partial charge in [-0.05, 0) is 18.2 Å². The summed E-state index contributed by atoms with van der Waals surface area (Å²) in [6, 6.07) is 3.24. The molecule has 0 fully saturated rings. The Kier molecular flexibility index (Phi) is 4.78. The molecule has 19 heavy (non-hydrogen) atoms. The van der Waals surface area contributed by atoms with Gasteiger partial charge in [0.25, 0.3) is 0 Å². The molecule has 0 bridgehead atoms. The van der Waals surface area contributed by atoms with Crippen molar-refractivity contribution in [1.29, 1.82) is 0 Å². The number of ether oxygens (including phenoxy) is 1. The lowest BCUT2D eigenvalue weighted by Crippen LogP contribution is -2.19. The molecule has 1 aromatic rings. The Morgan fingerprint density at radius 3 is 2.63 bits per heavy atom. The predicted octanol–water partition coefficient (Wildman–Crippen LogP) is 1.98. The molecule has 4 nitrogen and oxygen atoms in total. The van der Waals surface area contributed by atoms with Gasteiger partial charge in [-0.2, -0.15) is 0 Å². The topological polar surface area (TPSA) is 72.6 Å². The molecule has 102 valence electrons. The molecule has 0 aliphatic carbocycles. The van der Waals surface area contributed by atoms with Crippen LogP contribution in [0.4, 0.5) is 13.2 Å². The Balaban J connectivity index is 3.12. The molecule has 0 aliphatic heterocycles. The highest BCUT2D eigenvalue weighted by molar-refractivity contribution is 5.91. The van der Waals surface area contributed by atoms with Gasteiger partial charge >= 0.3 is 12.3 Å². The molecule has 0 aromatic heterocycles. The summed E-state index contributed by atoms with van der Waals surface area (Å²) in [6.07, 6.45) is -4.58. The Morgan fingerprint density at radius 1 is 1.42 bits per heavy atom. The van der Waals surface area contributed by atoms with Crippen LogP contribution in [0.1, 0.15) is 22.3 Å². The van der Waals surface area contributed by atoms with Gasteiger partial charge in [0.15, 0.2) is 0 Å². The van der Waals surface area contributed by atoms with Crippen LogP contribution in [0.2, 0.25) is 0 Å². The number of aromatic carboxylic acids is 1. The molecule has 0 aliphatic rings. The van der Waals surface area contributed by atoms with E-state index < -0.39 is 23.6 Å². The second kappa shape index (κ2) is 6.11. The third kappa shape index (κ3) is 4.89. The van der Waals surface area contributed by atoms with Crippen LogP contribution in [-0.2, 0) is 0 Å². The molecule has 0 unspecified atom stereocenters. The predicted molar refractivity (Wildman–Crippen MR) is 60.6 cm³/mol. The average Bonchev–Trinajstić information content (AvgIpc) is 2.27. The van der Waals surface area contributed by atoms with E-state index in [1.165, 1.54) is 6.07 Å². The summed E-state index contributed by atoms with van der Waals surface area (Å²) in [5, 5.41) is 8.77. The lowest BCUT2D eigenvalue weighted by atomic mass is 10.1. The number of alkyl halides is 3. The monoisotopic (exact) mass is 273 g/mol. The lowest BCUT2D eigenvalue weighted by molar-refractivity contribution is -0.274. The fourth-order valence-electron chi connectivity index (χ4n) is 1.22. The van der Waals surface area contributed by atoms with E-state index in [-0.39, 0.29) is 5.56 Å². The van der Waals surface area contributed by atoms with Crippen molar-refractivity contribution in [3.8, 4) is 17.6 Å². The zero-order valence-corrected chi connectivity index (χ0v) is 9.62. The molecule has 0 radical (unpaired) electrons. The zero-order chi connectivity index (χ0) is 14.5. The number of benzene rings is 1. The molecule has 0 spiro atoms. The molecule has 0 saturated carbocycles. The highest BCUT2D eigenvalue weighted by Gasteiger charge is 2.33. The van der Waals surface area contributed by atoms with E-state index in [2.05, 4.69) is 16.6 Å². The Bertz CT molecular complexity index is 529. The van der Waals surface area contributed by atoms with Crippen molar-refractivity contribution in [1.82, 2.24) is 0 Å². The molecular formula is C12H10F3NO3. The van der Waals surface area contributed by atoms with Gasteiger partial charge in [0.2, 0.25) is 0 Å². The van der Waals surface area contributed by atoms with Crippen molar-refractivity contribution >= 4 is 5.97 Å². The Morgan fingerprint density at radius 2 is 2.11 bits per heavy atom. The third-order valence-corrected chi connectivity index (χ3v) is 1.94. The van der Waals surface area contributed by atoms with Crippen LogP contribution in [0.15, 0.2) is 18.2 Å². The van der Waals surface area contributed by atoms with Crippen molar-refractivity contribution in [3.63, 3.8) is 0 Å². The van der Waals surface area contributed by atoms with Gasteiger partial charge in [-0.15, -0.1) is 13.2 Å². The van der Waals surface area contributed by atoms with Crippen LogP contribution in [0.3, 0.4) is 0 Å². The Labute approximate surface area is 107 Å². The first-order valence-corrected chi connectivity index (χ1v) is 5.15. The largest absolute Gasteiger partial charge is 0.573 e. The van der Waals surface area contributed by atoms with E-state index in [0.29, 0.717) is 13.0 Å². The maximum atomic E-state index is 12.2. The Hall–Kier alpha value is -2.20. The summed E-state index contributed by atoms with van der Waals surface area (Å²) in [5.74, 6) is 2.89. The lowest BCUT2D eigenvalue weighted by Gasteiger charge is -2.11. The molecule has 3 N–H and O–H groups in total. The first-order chi connectivity index (χ1) is 8.83. The molecule has 0 amide bonds. The van der Waals surface area contributed by atoms with Crippen molar-refractivity contribution in [2.45, 2.75) is 12.8 Å². The van der Waals surface area contributed by atoms with Crippen molar-refractivity contribution in [2.75, 3.05) is 6.54 Å². The summed E-state index contributed by atoms with van der Waals surface area (Å²) in [7, 11) is 0. The van der Waals surface area contributed by atoms with Crippen molar-refractivity contribution in [2.24, 2.45) is 5.73 Å². The van der Waals surface area contributed by atoms with Crippen LogP contribution < -0.4 is 10.5 Å². The minimum atomic E-state index is -4.96. The maximum Gasteiger partial charge on any atom is 0.573 e. The van der Waals surface area contributed by atoms with E-state index in [4.69, 9.17) is 10.8 Å². The molecule has 0 atom stereocenters. The number of rotatable bonds is 3. The summed E-state index contributed by atoms with van der Waals surface area (Å²) >= 11 is 0. The SMILES string of the molecule is NCCC#Cc1ccc(C(=O)O)c(OC(F)(F)F)c1. The number of hydrogen-bond donors (Lipinski definition) is 2. The highest BCUT2D eigenvalue weighted by atomic mass is 19.4. The minimum absolute atomic E-state index is 0.220. The summed E-state index contributed by atoms with van der Waals surface area (Å²) in [5.41, 5.74) is 4.85. The van der Waals surface area contributed by atoms with Crippen LogP contribution in [0.5, 0.6) is 5.75 Å². The smallest absolute Gasteiger partial charge is 0.478 e. The number of carboxylic acids is 1. The van der Waals surface area contributed by atoms with Gasteiger partial charge in [0.05, 0.1) is 0 Å². The molecule has 0 heterocycles. The van der Waals surface area contributed by atoms with Crippen LogP contribution in [-0.4, -0.2) is 24.0 Å². The number of nitrogens with two attached hydrogens (primary N) is 1. The number of carboxylic acid groups (broad SMARTS) is 1. The van der Waals surface area contributed by atoms with Crippen LogP contribution >= 0.6 is 0 Å². The fraction of sp³-hybridized carbons (Fsp3) is 0.250. The van der Waals surface area contributed by atoms with Crippen molar-refractivity contribution in [3.05, 3.63) is 29.3 Å². The fourth-order valence-corrected chi connectivity index (χ4v) is 1.22. The molecule has 1 rings (SSSR count). The van der Waals surface area contributed by atoms with Gasteiger partial charge in [-0.1, -0.05) is 11.8 Å². The van der Waals surface area contributed by atoms with Crippen molar-refractivity contribution < 1.29 is 27.8 Å². The standard InChI is InChI=1S/C12H10F3NO3/c13-12(14,15)19-10-7-8(3-1-2-6-16)4-5-9(10)11(17)18/h4-5,7H,2,6,16H2,(H,17,18). The van der Waals surface area contributed by atoms with E-state index >= 15 is 0 Å². The van der Waals surface area contributed by atoms with E-state index in [1.807, 2.05) is 0 Å². The van der Waals surface area contributed by atoms with Gasteiger partial charge in [0, 0.05) is 18.5 Å².